The lowest BCUT2D eigenvalue weighted by molar-refractivity contribution is 0.272. The van der Waals surface area contributed by atoms with Crippen LogP contribution in [0.3, 0.4) is 0 Å². The van der Waals surface area contributed by atoms with Crippen molar-refractivity contribution in [1.82, 2.24) is 0 Å². The molecule has 1 aromatic carbocycles. The molecule has 2 saturated carbocycles. The summed E-state index contributed by atoms with van der Waals surface area (Å²) in [6.07, 6.45) is 16.5. The Hall–Kier alpha value is -2.43. The first-order valence-corrected chi connectivity index (χ1v) is 13.5. The van der Waals surface area contributed by atoms with Crippen LogP contribution in [0.4, 0.5) is 13.2 Å². The predicted molar refractivity (Wildman–Crippen MR) is 138 cm³/mol. The third-order valence-electron chi connectivity index (χ3n) is 8.34. The first kappa shape index (κ1) is 26.6. The highest BCUT2D eigenvalue weighted by atomic mass is 19.2. The summed E-state index contributed by atoms with van der Waals surface area (Å²) in [7, 11) is 1.28. The molecule has 36 heavy (non-hydrogen) atoms. The minimum absolute atomic E-state index is 0.0332. The van der Waals surface area contributed by atoms with Gasteiger partial charge in [-0.1, -0.05) is 45.1 Å². The Morgan fingerprint density at radius 2 is 1.64 bits per heavy atom. The van der Waals surface area contributed by atoms with Gasteiger partial charge in [0.1, 0.15) is 0 Å². The van der Waals surface area contributed by atoms with Crippen molar-refractivity contribution in [2.75, 3.05) is 7.11 Å². The molecule has 0 bridgehead atoms. The molecule has 4 rings (SSSR count). The van der Waals surface area contributed by atoms with Gasteiger partial charge in [0, 0.05) is 12.0 Å². The first-order valence-electron chi connectivity index (χ1n) is 13.5. The Kier molecular flexibility index (Phi) is 8.69. The molecule has 5 heteroatoms. The van der Waals surface area contributed by atoms with E-state index in [0.29, 0.717) is 28.5 Å². The maximum atomic E-state index is 15.2. The van der Waals surface area contributed by atoms with Gasteiger partial charge < -0.3 is 9.47 Å². The van der Waals surface area contributed by atoms with Crippen molar-refractivity contribution >= 4 is 0 Å². The molecule has 0 radical (unpaired) electrons. The number of halogens is 3. The lowest BCUT2D eigenvalue weighted by Crippen LogP contribution is -2.18. The summed E-state index contributed by atoms with van der Waals surface area (Å²) in [4.78, 5) is 0. The number of rotatable bonds is 7. The van der Waals surface area contributed by atoms with E-state index in [1.165, 1.54) is 45.6 Å². The fraction of sp³-hybridized carbons (Fsp3) is 0.548. The maximum Gasteiger partial charge on any atom is 0.207 e. The molecule has 1 heterocycles. The SMILES string of the molecule is C=C(OC)/C(F)=C1/Oc2c(cc(C3CCC(/C=C/C4CCC(CCC)CC4)CC3)c(F)c2F)CC1=C. The highest BCUT2D eigenvalue weighted by Crippen LogP contribution is 2.44. The summed E-state index contributed by atoms with van der Waals surface area (Å²) >= 11 is 0. The zero-order valence-corrected chi connectivity index (χ0v) is 21.7. The van der Waals surface area contributed by atoms with E-state index in [9.17, 15) is 4.39 Å². The number of benzene rings is 1. The molecule has 3 aliphatic rings. The van der Waals surface area contributed by atoms with E-state index in [1.807, 2.05) is 0 Å². The molecule has 2 nitrogen and oxygen atoms in total. The van der Waals surface area contributed by atoms with E-state index in [0.717, 1.165) is 31.6 Å². The minimum Gasteiger partial charge on any atom is -0.494 e. The normalized spacial score (nSPS) is 28.0. The van der Waals surface area contributed by atoms with Gasteiger partial charge in [0.05, 0.1) is 7.11 Å². The van der Waals surface area contributed by atoms with Gasteiger partial charge in [-0.3, -0.25) is 0 Å². The second-order valence-corrected chi connectivity index (χ2v) is 10.8. The number of hydrogen-bond acceptors (Lipinski definition) is 2. The topological polar surface area (TPSA) is 18.5 Å². The van der Waals surface area contributed by atoms with Crippen molar-refractivity contribution < 1.29 is 22.6 Å². The molecule has 0 atom stereocenters. The Morgan fingerprint density at radius 3 is 2.22 bits per heavy atom. The molecule has 1 aliphatic heterocycles. The van der Waals surface area contributed by atoms with Crippen LogP contribution in [0.2, 0.25) is 0 Å². The van der Waals surface area contributed by atoms with Gasteiger partial charge in [-0.25, -0.2) is 4.39 Å². The predicted octanol–water partition coefficient (Wildman–Crippen LogP) is 9.23. The Balaban J connectivity index is 1.40. The van der Waals surface area contributed by atoms with Crippen molar-refractivity contribution in [3.63, 3.8) is 0 Å². The van der Waals surface area contributed by atoms with Crippen LogP contribution < -0.4 is 4.74 Å². The van der Waals surface area contributed by atoms with Gasteiger partial charge in [-0.15, -0.1) is 0 Å². The largest absolute Gasteiger partial charge is 0.494 e. The van der Waals surface area contributed by atoms with Crippen molar-refractivity contribution in [1.29, 1.82) is 0 Å². The van der Waals surface area contributed by atoms with Gasteiger partial charge in [-0.05, 0) is 92.2 Å². The van der Waals surface area contributed by atoms with Crippen LogP contribution >= 0.6 is 0 Å². The van der Waals surface area contributed by atoms with E-state index in [2.05, 4.69) is 32.2 Å². The number of fused-ring (bicyclic) bond motifs is 1. The molecule has 2 aliphatic carbocycles. The second-order valence-electron chi connectivity index (χ2n) is 10.8. The van der Waals surface area contributed by atoms with Crippen LogP contribution in [0, 0.1) is 29.4 Å². The highest BCUT2D eigenvalue weighted by molar-refractivity contribution is 5.51. The summed E-state index contributed by atoms with van der Waals surface area (Å²) in [6, 6.07) is 1.69. The fourth-order valence-corrected chi connectivity index (χ4v) is 6.14. The van der Waals surface area contributed by atoms with Crippen LogP contribution in [0.1, 0.15) is 88.2 Å². The van der Waals surface area contributed by atoms with Crippen LogP contribution in [-0.4, -0.2) is 7.11 Å². The molecule has 0 amide bonds. The summed E-state index contributed by atoms with van der Waals surface area (Å²) in [5, 5.41) is 0. The van der Waals surface area contributed by atoms with Crippen LogP contribution in [0.5, 0.6) is 5.75 Å². The Morgan fingerprint density at radius 1 is 1.03 bits per heavy atom. The van der Waals surface area contributed by atoms with Gasteiger partial charge >= 0.3 is 0 Å². The highest BCUT2D eigenvalue weighted by Gasteiger charge is 2.32. The Bertz CT molecular complexity index is 1040. The average Bonchev–Trinajstić information content (AvgIpc) is 2.89. The van der Waals surface area contributed by atoms with Gasteiger partial charge in [0.2, 0.25) is 11.6 Å². The maximum absolute atomic E-state index is 15.2. The lowest BCUT2D eigenvalue weighted by Gasteiger charge is -2.30. The molecular formula is C31H39F3O2. The number of allylic oxidation sites excluding steroid dienone is 4. The quantitative estimate of drug-likeness (QED) is 0.274. The molecule has 0 saturated heterocycles. The zero-order chi connectivity index (χ0) is 25.8. The van der Waals surface area contributed by atoms with Crippen LogP contribution in [0.25, 0.3) is 0 Å². The smallest absolute Gasteiger partial charge is 0.207 e. The zero-order valence-electron chi connectivity index (χ0n) is 21.7. The summed E-state index contributed by atoms with van der Waals surface area (Å²) < 4.78 is 55.0. The first-order chi connectivity index (χ1) is 17.3. The molecule has 0 N–H and O–H groups in total. The van der Waals surface area contributed by atoms with Gasteiger partial charge in [0.15, 0.2) is 23.1 Å². The molecule has 1 aromatic rings. The molecule has 0 unspecified atom stereocenters. The fourth-order valence-electron chi connectivity index (χ4n) is 6.14. The summed E-state index contributed by atoms with van der Waals surface area (Å²) in [5.41, 5.74) is 1.23. The van der Waals surface area contributed by atoms with E-state index in [-0.39, 0.29) is 29.6 Å². The molecule has 0 spiro atoms. The van der Waals surface area contributed by atoms with E-state index >= 15 is 8.78 Å². The van der Waals surface area contributed by atoms with Crippen molar-refractivity contribution in [2.45, 2.75) is 83.5 Å². The summed E-state index contributed by atoms with van der Waals surface area (Å²) in [5.74, 6) is -1.52. The second kappa shape index (κ2) is 11.7. The number of hydrogen-bond donors (Lipinski definition) is 0. The van der Waals surface area contributed by atoms with Crippen molar-refractivity contribution in [2.24, 2.45) is 17.8 Å². The van der Waals surface area contributed by atoms with E-state index in [1.54, 1.807) is 6.07 Å². The number of ether oxygens (including phenoxy) is 2. The molecular weight excluding hydrogens is 461 g/mol. The molecule has 2 fully saturated rings. The third-order valence-corrected chi connectivity index (χ3v) is 8.34. The Labute approximate surface area is 214 Å². The van der Waals surface area contributed by atoms with Crippen LogP contribution in [-0.2, 0) is 11.2 Å². The molecule has 0 aromatic heterocycles. The van der Waals surface area contributed by atoms with Crippen LogP contribution in [0.15, 0.2) is 54.3 Å². The van der Waals surface area contributed by atoms with E-state index < -0.39 is 17.5 Å². The monoisotopic (exact) mass is 500 g/mol. The lowest BCUT2D eigenvalue weighted by atomic mass is 9.76. The summed E-state index contributed by atoms with van der Waals surface area (Å²) in [6.45, 7) is 9.60. The van der Waals surface area contributed by atoms with Gasteiger partial charge in [0.25, 0.3) is 0 Å². The third kappa shape index (κ3) is 5.76. The average molecular weight is 501 g/mol. The standard InChI is InChI=1S/C31H39F3O2/c1-5-6-21-7-9-22(10-8-21)11-12-23-13-15-24(16-14-23)26-18-25-17-19(2)30(27(32)20(3)35-4)36-31(25)29(34)28(26)33/h11-12,18,21-24H,2-3,5-10,13-17H2,1,4H3/b12-11+,30-27-. The molecule has 196 valence electrons. The number of methoxy groups -OCH3 is 1. The van der Waals surface area contributed by atoms with Gasteiger partial charge in [-0.2, -0.15) is 8.78 Å². The minimum atomic E-state index is -1.07. The van der Waals surface area contributed by atoms with E-state index in [4.69, 9.17) is 9.47 Å². The van der Waals surface area contributed by atoms with Crippen molar-refractivity contribution in [3.05, 3.63) is 77.1 Å². The van der Waals surface area contributed by atoms with Crippen molar-refractivity contribution in [3.8, 4) is 5.75 Å².